The van der Waals surface area contributed by atoms with E-state index in [0.717, 1.165) is 4.90 Å². The molecule has 0 bridgehead atoms. The SMILES string of the molecule is C[C@]1(c2ccccc2)NC(=O)N(CC(=O)OCC(=O)NC(=O)c2ccccc2)C1=O. The minimum atomic E-state index is -1.31. The molecule has 0 saturated carbocycles. The second-order valence-electron chi connectivity index (χ2n) is 6.72. The first kappa shape index (κ1) is 20.7. The molecule has 0 spiro atoms. The average Bonchev–Trinajstić information content (AvgIpc) is 2.97. The van der Waals surface area contributed by atoms with Crippen LogP contribution in [0.1, 0.15) is 22.8 Å². The maximum absolute atomic E-state index is 12.7. The van der Waals surface area contributed by atoms with Crippen LogP contribution < -0.4 is 10.6 Å². The second kappa shape index (κ2) is 8.56. The van der Waals surface area contributed by atoms with E-state index in [0.29, 0.717) is 5.56 Å². The standard InChI is InChI=1S/C21H19N3O6/c1-21(15-10-6-3-7-11-15)19(28)24(20(29)23-21)12-17(26)30-13-16(25)22-18(27)14-8-4-2-5-9-14/h2-11H,12-13H2,1H3,(H,23,29)(H,22,25,27)/t21-/m1/s1. The fourth-order valence-electron chi connectivity index (χ4n) is 2.95. The number of carbonyl (C=O) groups is 5. The Balaban J connectivity index is 1.53. The fourth-order valence-corrected chi connectivity index (χ4v) is 2.95. The molecule has 2 N–H and O–H groups in total. The van der Waals surface area contributed by atoms with Crippen LogP contribution in [0.3, 0.4) is 0 Å². The second-order valence-corrected chi connectivity index (χ2v) is 6.72. The summed E-state index contributed by atoms with van der Waals surface area (Å²) < 4.78 is 4.80. The van der Waals surface area contributed by atoms with Crippen LogP contribution in [0.5, 0.6) is 0 Å². The first-order chi connectivity index (χ1) is 14.3. The summed E-state index contributed by atoms with van der Waals surface area (Å²) in [6, 6.07) is 15.9. The summed E-state index contributed by atoms with van der Waals surface area (Å²) in [4.78, 5) is 61.4. The topological polar surface area (TPSA) is 122 Å². The molecule has 1 fully saturated rings. The van der Waals surface area contributed by atoms with Crippen molar-refractivity contribution < 1.29 is 28.7 Å². The van der Waals surface area contributed by atoms with E-state index in [1.54, 1.807) is 48.5 Å². The predicted molar refractivity (Wildman–Crippen MR) is 104 cm³/mol. The van der Waals surface area contributed by atoms with Crippen LogP contribution in [0.25, 0.3) is 0 Å². The number of hydrogen-bond donors (Lipinski definition) is 2. The summed E-state index contributed by atoms with van der Waals surface area (Å²) in [5.41, 5.74) is -0.465. The van der Waals surface area contributed by atoms with Gasteiger partial charge in [-0.25, -0.2) is 4.79 Å². The Bertz CT molecular complexity index is 992. The first-order valence-corrected chi connectivity index (χ1v) is 9.06. The molecular formula is C21H19N3O6. The zero-order valence-corrected chi connectivity index (χ0v) is 16.1. The van der Waals surface area contributed by atoms with Gasteiger partial charge < -0.3 is 10.1 Å². The molecule has 2 aromatic carbocycles. The lowest BCUT2D eigenvalue weighted by atomic mass is 9.92. The highest BCUT2D eigenvalue weighted by Gasteiger charge is 2.49. The molecule has 1 aliphatic rings. The molecule has 0 radical (unpaired) electrons. The molecule has 154 valence electrons. The van der Waals surface area contributed by atoms with Gasteiger partial charge in [0.05, 0.1) is 0 Å². The molecule has 30 heavy (non-hydrogen) atoms. The van der Waals surface area contributed by atoms with Crippen molar-refractivity contribution in [1.82, 2.24) is 15.5 Å². The largest absolute Gasteiger partial charge is 0.454 e. The van der Waals surface area contributed by atoms with Gasteiger partial charge in [0.1, 0.15) is 12.1 Å². The van der Waals surface area contributed by atoms with Gasteiger partial charge >= 0.3 is 12.0 Å². The number of amides is 5. The molecule has 0 aliphatic carbocycles. The maximum Gasteiger partial charge on any atom is 0.326 e. The third kappa shape index (κ3) is 4.35. The van der Waals surface area contributed by atoms with Gasteiger partial charge in [0, 0.05) is 5.56 Å². The summed E-state index contributed by atoms with van der Waals surface area (Å²) in [5, 5.41) is 4.65. The molecule has 9 heteroatoms. The number of urea groups is 1. The number of ether oxygens (including phenoxy) is 1. The van der Waals surface area contributed by atoms with E-state index in [4.69, 9.17) is 4.74 Å². The zero-order chi connectivity index (χ0) is 21.7. The maximum atomic E-state index is 12.7. The molecule has 1 heterocycles. The molecule has 0 aromatic heterocycles. The Labute approximate surface area is 172 Å². The molecule has 9 nitrogen and oxygen atoms in total. The number of nitrogens with zero attached hydrogens (tertiary/aromatic N) is 1. The van der Waals surface area contributed by atoms with Crippen molar-refractivity contribution in [2.24, 2.45) is 0 Å². The molecular weight excluding hydrogens is 390 g/mol. The van der Waals surface area contributed by atoms with E-state index in [1.807, 2.05) is 0 Å². The summed E-state index contributed by atoms with van der Waals surface area (Å²) in [7, 11) is 0. The van der Waals surface area contributed by atoms with Crippen LogP contribution in [0.4, 0.5) is 4.79 Å². The third-order valence-electron chi connectivity index (χ3n) is 4.57. The van der Waals surface area contributed by atoms with Crippen molar-refractivity contribution in [1.29, 1.82) is 0 Å². The molecule has 1 saturated heterocycles. The van der Waals surface area contributed by atoms with Crippen LogP contribution in [0.15, 0.2) is 60.7 Å². The number of rotatable bonds is 6. The van der Waals surface area contributed by atoms with E-state index >= 15 is 0 Å². The normalized spacial score (nSPS) is 18.0. The number of hydrogen-bond acceptors (Lipinski definition) is 6. The fraction of sp³-hybridized carbons (Fsp3) is 0.190. The smallest absolute Gasteiger partial charge is 0.326 e. The van der Waals surface area contributed by atoms with Crippen molar-refractivity contribution in [3.63, 3.8) is 0 Å². The van der Waals surface area contributed by atoms with E-state index in [-0.39, 0.29) is 5.56 Å². The van der Waals surface area contributed by atoms with Gasteiger partial charge in [0.15, 0.2) is 6.61 Å². The lowest BCUT2D eigenvalue weighted by Gasteiger charge is -2.21. The van der Waals surface area contributed by atoms with Gasteiger partial charge in [0.25, 0.3) is 17.7 Å². The van der Waals surface area contributed by atoms with Crippen molar-refractivity contribution >= 4 is 29.7 Å². The average molecular weight is 409 g/mol. The number of benzene rings is 2. The highest BCUT2D eigenvalue weighted by atomic mass is 16.5. The van der Waals surface area contributed by atoms with Crippen molar-refractivity contribution in [2.45, 2.75) is 12.5 Å². The summed E-state index contributed by atoms with van der Waals surface area (Å²) in [6.45, 7) is 0.153. The monoisotopic (exact) mass is 409 g/mol. The summed E-state index contributed by atoms with van der Waals surface area (Å²) in [5.74, 6) is -3.04. The molecule has 1 aliphatic heterocycles. The quantitative estimate of drug-likeness (QED) is 0.541. The Morgan fingerprint density at radius 2 is 1.60 bits per heavy atom. The highest BCUT2D eigenvalue weighted by Crippen LogP contribution is 2.28. The minimum Gasteiger partial charge on any atom is -0.454 e. The van der Waals surface area contributed by atoms with Gasteiger partial charge in [-0.05, 0) is 24.6 Å². The Morgan fingerprint density at radius 3 is 2.23 bits per heavy atom. The zero-order valence-electron chi connectivity index (χ0n) is 16.1. The number of nitrogens with one attached hydrogen (secondary N) is 2. The van der Waals surface area contributed by atoms with E-state index in [1.165, 1.54) is 19.1 Å². The van der Waals surface area contributed by atoms with E-state index in [2.05, 4.69) is 10.6 Å². The van der Waals surface area contributed by atoms with Gasteiger partial charge in [-0.1, -0.05) is 48.5 Å². The van der Waals surface area contributed by atoms with Crippen LogP contribution in [-0.2, 0) is 24.7 Å². The van der Waals surface area contributed by atoms with Gasteiger partial charge in [-0.2, -0.15) is 0 Å². The first-order valence-electron chi connectivity index (χ1n) is 9.06. The molecule has 3 rings (SSSR count). The molecule has 2 aromatic rings. The predicted octanol–water partition coefficient (Wildman–Crippen LogP) is 0.953. The molecule has 1 atom stereocenters. The molecule has 0 unspecified atom stereocenters. The minimum absolute atomic E-state index is 0.275. The number of esters is 1. The van der Waals surface area contributed by atoms with Crippen LogP contribution >= 0.6 is 0 Å². The van der Waals surface area contributed by atoms with E-state index < -0.39 is 48.4 Å². The third-order valence-corrected chi connectivity index (χ3v) is 4.57. The van der Waals surface area contributed by atoms with Gasteiger partial charge in [-0.3, -0.25) is 29.4 Å². The lowest BCUT2D eigenvalue weighted by Crippen LogP contribution is -2.42. The number of imide groups is 2. The Hall–Kier alpha value is -4.01. The van der Waals surface area contributed by atoms with Crippen molar-refractivity contribution in [3.8, 4) is 0 Å². The number of carbonyl (C=O) groups excluding carboxylic acids is 5. The summed E-state index contributed by atoms with van der Waals surface area (Å²) in [6.07, 6.45) is 0. The van der Waals surface area contributed by atoms with Crippen LogP contribution in [0, 0.1) is 0 Å². The van der Waals surface area contributed by atoms with Crippen molar-refractivity contribution in [3.05, 3.63) is 71.8 Å². The van der Waals surface area contributed by atoms with Crippen LogP contribution in [-0.4, -0.2) is 47.8 Å². The van der Waals surface area contributed by atoms with E-state index in [9.17, 15) is 24.0 Å². The lowest BCUT2D eigenvalue weighted by molar-refractivity contribution is -0.150. The summed E-state index contributed by atoms with van der Waals surface area (Å²) >= 11 is 0. The molecule has 5 amide bonds. The Morgan fingerprint density at radius 1 is 1.00 bits per heavy atom. The Kier molecular flexibility index (Phi) is 5.91. The van der Waals surface area contributed by atoms with Crippen LogP contribution in [0.2, 0.25) is 0 Å². The van der Waals surface area contributed by atoms with Crippen molar-refractivity contribution in [2.75, 3.05) is 13.2 Å². The highest BCUT2D eigenvalue weighted by molar-refractivity contribution is 6.09. The van der Waals surface area contributed by atoms with Gasteiger partial charge in [0.2, 0.25) is 0 Å². The van der Waals surface area contributed by atoms with Gasteiger partial charge in [-0.15, -0.1) is 0 Å².